The first kappa shape index (κ1) is 19.0. The summed E-state index contributed by atoms with van der Waals surface area (Å²) in [7, 11) is 0. The normalized spacial score (nSPS) is 14.0. The zero-order valence-corrected chi connectivity index (χ0v) is 16.5. The molecule has 3 aromatic rings. The molecule has 1 saturated carbocycles. The van der Waals surface area contributed by atoms with E-state index in [4.69, 9.17) is 33.7 Å². The fourth-order valence-electron chi connectivity index (χ4n) is 3.22. The van der Waals surface area contributed by atoms with Crippen molar-refractivity contribution in [3.63, 3.8) is 0 Å². The van der Waals surface area contributed by atoms with Gasteiger partial charge < -0.3 is 10.5 Å². The summed E-state index contributed by atoms with van der Waals surface area (Å²) >= 11 is 12.2. The number of nitrogen functional groups attached to an aromatic ring is 1. The number of hydrogen-bond acceptors (Lipinski definition) is 4. The molecule has 1 aliphatic carbocycles. The molecule has 0 aliphatic heterocycles. The number of aromatic nitrogens is 2. The standard InChI is InChI=1S/C21H18Cl2FN3O/c22-14-5-4-13(17(23)8-14)11-28-21-15(12-2-1-3-12)6-7-16(20(21)24)18-9-27-19(25)10-26-18/h4-10,12H,1-3,11H2,(H2,25,27). The lowest BCUT2D eigenvalue weighted by molar-refractivity contribution is 0.279. The van der Waals surface area contributed by atoms with Crippen molar-refractivity contribution in [2.24, 2.45) is 0 Å². The van der Waals surface area contributed by atoms with E-state index in [0.29, 0.717) is 27.2 Å². The first-order valence-electron chi connectivity index (χ1n) is 9.00. The molecule has 0 unspecified atom stereocenters. The Hall–Kier alpha value is -2.37. The van der Waals surface area contributed by atoms with Crippen LogP contribution in [0.15, 0.2) is 42.7 Å². The summed E-state index contributed by atoms with van der Waals surface area (Å²) in [4.78, 5) is 8.18. The van der Waals surface area contributed by atoms with E-state index >= 15 is 4.39 Å². The van der Waals surface area contributed by atoms with Gasteiger partial charge in [-0.1, -0.05) is 41.8 Å². The molecule has 0 bridgehead atoms. The van der Waals surface area contributed by atoms with Crippen LogP contribution < -0.4 is 10.5 Å². The number of nitrogens with zero attached hydrogens (tertiary/aromatic N) is 2. The van der Waals surface area contributed by atoms with Gasteiger partial charge >= 0.3 is 0 Å². The lowest BCUT2D eigenvalue weighted by atomic mass is 9.79. The molecule has 1 heterocycles. The Bertz CT molecular complexity index is 1010. The van der Waals surface area contributed by atoms with Gasteiger partial charge in [0.15, 0.2) is 11.6 Å². The number of hydrogen-bond donors (Lipinski definition) is 1. The fourth-order valence-corrected chi connectivity index (χ4v) is 3.69. The zero-order chi connectivity index (χ0) is 19.7. The molecule has 1 aliphatic rings. The van der Waals surface area contributed by atoms with Crippen molar-refractivity contribution in [3.8, 4) is 17.0 Å². The van der Waals surface area contributed by atoms with Crippen LogP contribution >= 0.6 is 23.2 Å². The molecular formula is C21H18Cl2FN3O. The van der Waals surface area contributed by atoms with E-state index in [1.54, 1.807) is 24.3 Å². The van der Waals surface area contributed by atoms with Gasteiger partial charge in [-0.05, 0) is 37.0 Å². The monoisotopic (exact) mass is 417 g/mol. The minimum absolute atomic E-state index is 0.142. The van der Waals surface area contributed by atoms with Crippen LogP contribution in [0.3, 0.4) is 0 Å². The number of ether oxygens (including phenoxy) is 1. The van der Waals surface area contributed by atoms with Crippen molar-refractivity contribution in [1.82, 2.24) is 9.97 Å². The molecule has 1 fully saturated rings. The first-order valence-corrected chi connectivity index (χ1v) is 9.75. The molecular weight excluding hydrogens is 400 g/mol. The second kappa shape index (κ2) is 7.94. The van der Waals surface area contributed by atoms with Crippen molar-refractivity contribution in [3.05, 3.63) is 69.7 Å². The Morgan fingerprint density at radius 1 is 1.11 bits per heavy atom. The Morgan fingerprint density at radius 3 is 2.57 bits per heavy atom. The van der Waals surface area contributed by atoms with Crippen LogP contribution in [0.4, 0.5) is 10.2 Å². The van der Waals surface area contributed by atoms with Crippen molar-refractivity contribution in [2.75, 3.05) is 5.73 Å². The number of halogens is 3. The summed E-state index contributed by atoms with van der Waals surface area (Å²) < 4.78 is 21.4. The highest BCUT2D eigenvalue weighted by Crippen LogP contribution is 2.44. The molecule has 0 spiro atoms. The average molecular weight is 418 g/mol. The topological polar surface area (TPSA) is 61.0 Å². The zero-order valence-electron chi connectivity index (χ0n) is 15.0. The third-order valence-electron chi connectivity index (χ3n) is 5.01. The second-order valence-electron chi connectivity index (χ2n) is 6.82. The van der Waals surface area contributed by atoms with Gasteiger partial charge in [0.25, 0.3) is 0 Å². The molecule has 4 rings (SSSR count). The van der Waals surface area contributed by atoms with Crippen LogP contribution in [-0.4, -0.2) is 9.97 Å². The van der Waals surface area contributed by atoms with Crippen LogP contribution in [0, 0.1) is 5.82 Å². The summed E-state index contributed by atoms with van der Waals surface area (Å²) in [5.41, 5.74) is 7.93. The molecule has 7 heteroatoms. The summed E-state index contributed by atoms with van der Waals surface area (Å²) in [5, 5.41) is 1.03. The molecule has 0 atom stereocenters. The first-order chi connectivity index (χ1) is 13.5. The predicted molar refractivity (Wildman–Crippen MR) is 109 cm³/mol. The quantitative estimate of drug-likeness (QED) is 0.551. The maximum Gasteiger partial charge on any atom is 0.174 e. The average Bonchev–Trinajstić information content (AvgIpc) is 2.62. The summed E-state index contributed by atoms with van der Waals surface area (Å²) in [6, 6.07) is 8.80. The van der Waals surface area contributed by atoms with Gasteiger partial charge in [-0.25, -0.2) is 9.37 Å². The van der Waals surface area contributed by atoms with Crippen molar-refractivity contribution in [2.45, 2.75) is 31.8 Å². The van der Waals surface area contributed by atoms with E-state index in [-0.39, 0.29) is 18.2 Å². The maximum absolute atomic E-state index is 15.4. The molecule has 0 saturated heterocycles. The smallest absolute Gasteiger partial charge is 0.174 e. The number of benzene rings is 2. The number of anilines is 1. The van der Waals surface area contributed by atoms with Crippen molar-refractivity contribution < 1.29 is 9.13 Å². The maximum atomic E-state index is 15.4. The SMILES string of the molecule is Nc1cnc(-c2ccc(C3CCC3)c(OCc3ccc(Cl)cc3Cl)c2F)cn1. The van der Waals surface area contributed by atoms with Gasteiger partial charge in [0.2, 0.25) is 0 Å². The molecule has 144 valence electrons. The van der Waals surface area contributed by atoms with Crippen LogP contribution in [0.2, 0.25) is 10.0 Å². The van der Waals surface area contributed by atoms with Gasteiger partial charge in [0.1, 0.15) is 12.4 Å². The van der Waals surface area contributed by atoms with E-state index in [9.17, 15) is 0 Å². The summed E-state index contributed by atoms with van der Waals surface area (Å²) in [6.07, 6.45) is 6.05. The van der Waals surface area contributed by atoms with Gasteiger partial charge in [-0.3, -0.25) is 4.98 Å². The Kier molecular flexibility index (Phi) is 5.38. The predicted octanol–water partition coefficient (Wildman–Crippen LogP) is 6.02. The highest BCUT2D eigenvalue weighted by molar-refractivity contribution is 6.35. The highest BCUT2D eigenvalue weighted by atomic mass is 35.5. The van der Waals surface area contributed by atoms with Gasteiger partial charge in [-0.2, -0.15) is 0 Å². The van der Waals surface area contributed by atoms with Gasteiger partial charge in [-0.15, -0.1) is 0 Å². The Labute approximate surface area is 172 Å². The molecule has 1 aromatic heterocycles. The number of rotatable bonds is 5. The minimum atomic E-state index is -0.450. The van der Waals surface area contributed by atoms with Crippen LogP contribution in [0.25, 0.3) is 11.3 Å². The molecule has 4 nitrogen and oxygen atoms in total. The molecule has 2 N–H and O–H groups in total. The highest BCUT2D eigenvalue weighted by Gasteiger charge is 2.27. The van der Waals surface area contributed by atoms with Crippen molar-refractivity contribution in [1.29, 1.82) is 0 Å². The molecule has 28 heavy (non-hydrogen) atoms. The third-order valence-corrected chi connectivity index (χ3v) is 5.59. The lowest BCUT2D eigenvalue weighted by Gasteiger charge is -2.28. The van der Waals surface area contributed by atoms with Gasteiger partial charge in [0.05, 0.1) is 18.1 Å². The third kappa shape index (κ3) is 3.77. The molecule has 2 aromatic carbocycles. The molecule has 0 radical (unpaired) electrons. The van der Waals surface area contributed by atoms with E-state index in [0.717, 1.165) is 30.4 Å². The van der Waals surface area contributed by atoms with E-state index < -0.39 is 5.82 Å². The van der Waals surface area contributed by atoms with Crippen molar-refractivity contribution >= 4 is 29.0 Å². The number of nitrogens with two attached hydrogens (primary N) is 1. The minimum Gasteiger partial charge on any atom is -0.485 e. The van der Waals surface area contributed by atoms with Crippen LogP contribution in [-0.2, 0) is 6.61 Å². The van der Waals surface area contributed by atoms with Gasteiger partial charge in [0, 0.05) is 26.7 Å². The second-order valence-corrected chi connectivity index (χ2v) is 7.67. The largest absolute Gasteiger partial charge is 0.485 e. The summed E-state index contributed by atoms with van der Waals surface area (Å²) in [5.74, 6) is 0.376. The van der Waals surface area contributed by atoms with E-state index in [1.165, 1.54) is 12.4 Å². The lowest BCUT2D eigenvalue weighted by Crippen LogP contribution is -2.12. The van der Waals surface area contributed by atoms with Crippen LogP contribution in [0.1, 0.15) is 36.3 Å². The van der Waals surface area contributed by atoms with E-state index in [2.05, 4.69) is 9.97 Å². The Balaban J connectivity index is 1.70. The molecule has 0 amide bonds. The summed E-state index contributed by atoms with van der Waals surface area (Å²) in [6.45, 7) is 0.142. The Morgan fingerprint density at radius 2 is 1.93 bits per heavy atom. The fraction of sp³-hybridized carbons (Fsp3) is 0.238. The van der Waals surface area contributed by atoms with E-state index in [1.807, 2.05) is 6.07 Å². The van der Waals surface area contributed by atoms with Crippen LogP contribution in [0.5, 0.6) is 5.75 Å².